The summed E-state index contributed by atoms with van der Waals surface area (Å²) in [5.41, 5.74) is 1.19. The zero-order valence-electron chi connectivity index (χ0n) is 11.2. The molecule has 1 aromatic rings. The van der Waals surface area contributed by atoms with Crippen LogP contribution in [0.4, 0.5) is 0 Å². The Balaban J connectivity index is 2.00. The van der Waals surface area contributed by atoms with Crippen LogP contribution in [0.25, 0.3) is 0 Å². The second-order valence-electron chi connectivity index (χ2n) is 6.14. The minimum absolute atomic E-state index is 0.00782. The fourth-order valence-corrected chi connectivity index (χ4v) is 2.73. The van der Waals surface area contributed by atoms with Crippen molar-refractivity contribution in [1.82, 2.24) is 15.5 Å². The summed E-state index contributed by atoms with van der Waals surface area (Å²) in [7, 11) is 0. The zero-order valence-corrected chi connectivity index (χ0v) is 11.2. The Labute approximate surface area is 102 Å². The molecule has 0 aromatic carbocycles. The van der Waals surface area contributed by atoms with Crippen molar-refractivity contribution in [2.75, 3.05) is 0 Å². The third-order valence-corrected chi connectivity index (χ3v) is 4.66. The lowest BCUT2D eigenvalue weighted by molar-refractivity contribution is -0.124. The number of H-pyrrole nitrogens is 1. The van der Waals surface area contributed by atoms with Gasteiger partial charge in [-0.15, -0.1) is 0 Å². The number of aromatic amines is 1. The van der Waals surface area contributed by atoms with Crippen LogP contribution >= 0.6 is 0 Å². The maximum atomic E-state index is 12.2. The van der Waals surface area contributed by atoms with Crippen molar-refractivity contribution in [2.24, 2.45) is 16.7 Å². The van der Waals surface area contributed by atoms with Crippen molar-refractivity contribution in [1.29, 1.82) is 0 Å². The Bertz CT molecular complexity index is 406. The van der Waals surface area contributed by atoms with E-state index in [4.69, 9.17) is 0 Å². The molecule has 4 nitrogen and oxygen atoms in total. The third kappa shape index (κ3) is 1.75. The summed E-state index contributed by atoms with van der Waals surface area (Å²) >= 11 is 0. The molecule has 94 valence electrons. The van der Waals surface area contributed by atoms with Gasteiger partial charge >= 0.3 is 0 Å². The number of hydrogen-bond acceptors (Lipinski definition) is 2. The van der Waals surface area contributed by atoms with Crippen LogP contribution in [0, 0.1) is 16.7 Å². The summed E-state index contributed by atoms with van der Waals surface area (Å²) in [6.07, 6.45) is 3.56. The zero-order chi connectivity index (χ0) is 12.8. The van der Waals surface area contributed by atoms with Crippen LogP contribution < -0.4 is 5.32 Å². The predicted octanol–water partition coefficient (Wildman–Crippen LogP) is 2.27. The number of carbonyl (C=O) groups is 1. The first kappa shape index (κ1) is 12.1. The molecule has 1 aliphatic carbocycles. The van der Waals surface area contributed by atoms with Gasteiger partial charge in [-0.2, -0.15) is 5.10 Å². The molecule has 1 heterocycles. The fourth-order valence-electron chi connectivity index (χ4n) is 2.73. The van der Waals surface area contributed by atoms with Gasteiger partial charge in [0.1, 0.15) is 0 Å². The number of nitrogens with zero attached hydrogens (tertiary/aromatic N) is 1. The van der Waals surface area contributed by atoms with E-state index in [0.29, 0.717) is 0 Å². The molecule has 4 heteroatoms. The first-order valence-electron chi connectivity index (χ1n) is 6.07. The lowest BCUT2D eigenvalue weighted by Gasteiger charge is -2.12. The molecular formula is C13H21N3O. The summed E-state index contributed by atoms with van der Waals surface area (Å²) in [6, 6.07) is 0.00782. The molecule has 1 amide bonds. The van der Waals surface area contributed by atoms with E-state index < -0.39 is 0 Å². The van der Waals surface area contributed by atoms with E-state index in [9.17, 15) is 4.79 Å². The van der Waals surface area contributed by atoms with Gasteiger partial charge in [0.25, 0.3) is 0 Å². The van der Waals surface area contributed by atoms with Crippen LogP contribution in [0.1, 0.15) is 46.2 Å². The molecule has 0 bridgehead atoms. The molecule has 0 radical (unpaired) electrons. The monoisotopic (exact) mass is 235 g/mol. The molecule has 17 heavy (non-hydrogen) atoms. The van der Waals surface area contributed by atoms with E-state index in [1.807, 2.05) is 13.1 Å². The lowest BCUT2D eigenvalue weighted by atomic mass is 10.0. The fraction of sp³-hybridized carbons (Fsp3) is 0.692. The number of nitrogens with one attached hydrogen (secondary N) is 2. The summed E-state index contributed by atoms with van der Waals surface area (Å²) < 4.78 is 0. The average molecular weight is 235 g/mol. The summed E-state index contributed by atoms with van der Waals surface area (Å²) in [5, 5.41) is 9.71. The maximum Gasteiger partial charge on any atom is 0.224 e. The summed E-state index contributed by atoms with van der Waals surface area (Å²) in [6.45, 7) is 10.6. The second-order valence-corrected chi connectivity index (χ2v) is 6.14. The Kier molecular flexibility index (Phi) is 2.56. The largest absolute Gasteiger partial charge is 0.349 e. The Hall–Kier alpha value is -1.32. The van der Waals surface area contributed by atoms with Crippen LogP contribution in [0.15, 0.2) is 12.4 Å². The topological polar surface area (TPSA) is 57.8 Å². The quantitative estimate of drug-likeness (QED) is 0.844. The van der Waals surface area contributed by atoms with Crippen molar-refractivity contribution >= 4 is 5.91 Å². The molecule has 2 rings (SSSR count). The van der Waals surface area contributed by atoms with E-state index >= 15 is 0 Å². The van der Waals surface area contributed by atoms with Gasteiger partial charge in [0.2, 0.25) is 5.91 Å². The molecule has 1 aliphatic rings. The lowest BCUT2D eigenvalue weighted by Crippen LogP contribution is -2.29. The van der Waals surface area contributed by atoms with Crippen molar-refractivity contribution < 1.29 is 4.79 Å². The maximum absolute atomic E-state index is 12.2. The highest BCUT2D eigenvalue weighted by Gasteiger charge is 2.68. The van der Waals surface area contributed by atoms with Crippen molar-refractivity contribution in [3.63, 3.8) is 0 Å². The normalized spacial score (nSPS) is 23.1. The molecule has 1 unspecified atom stereocenters. The van der Waals surface area contributed by atoms with Gasteiger partial charge in [0.05, 0.1) is 12.2 Å². The second kappa shape index (κ2) is 3.59. The highest BCUT2D eigenvalue weighted by molar-refractivity contribution is 5.84. The van der Waals surface area contributed by atoms with Crippen LogP contribution in [0.5, 0.6) is 0 Å². The molecule has 1 saturated carbocycles. The molecule has 0 aliphatic heterocycles. The summed E-state index contributed by atoms with van der Waals surface area (Å²) in [4.78, 5) is 12.2. The highest BCUT2D eigenvalue weighted by atomic mass is 16.2. The standard InChI is InChI=1S/C13H21N3O/c1-8(9-6-14-15-7-9)16-11(17)10-12(2,3)13(10,4)5/h6-8,10H,1-5H3,(H,14,15)(H,16,17). The molecule has 1 atom stereocenters. The van der Waals surface area contributed by atoms with Crippen molar-refractivity contribution in [3.8, 4) is 0 Å². The van der Waals surface area contributed by atoms with Gasteiger partial charge in [0.15, 0.2) is 0 Å². The van der Waals surface area contributed by atoms with Crippen molar-refractivity contribution in [3.05, 3.63) is 18.0 Å². The number of hydrogen-bond donors (Lipinski definition) is 2. The minimum Gasteiger partial charge on any atom is -0.349 e. The molecule has 1 fully saturated rings. The van der Waals surface area contributed by atoms with E-state index in [-0.39, 0.29) is 28.7 Å². The number of amides is 1. The van der Waals surface area contributed by atoms with Gasteiger partial charge in [-0.05, 0) is 17.8 Å². The van der Waals surface area contributed by atoms with Gasteiger partial charge in [-0.1, -0.05) is 27.7 Å². The third-order valence-electron chi connectivity index (χ3n) is 4.66. The predicted molar refractivity (Wildman–Crippen MR) is 66.2 cm³/mol. The van der Waals surface area contributed by atoms with Crippen LogP contribution in [-0.4, -0.2) is 16.1 Å². The van der Waals surface area contributed by atoms with Gasteiger partial charge in [-0.3, -0.25) is 9.89 Å². The van der Waals surface area contributed by atoms with Gasteiger partial charge in [0, 0.05) is 17.7 Å². The Morgan fingerprint density at radius 1 is 1.41 bits per heavy atom. The van der Waals surface area contributed by atoms with Gasteiger partial charge < -0.3 is 5.32 Å². The Morgan fingerprint density at radius 3 is 2.41 bits per heavy atom. The number of carbonyl (C=O) groups excluding carboxylic acids is 1. The molecule has 0 saturated heterocycles. The van der Waals surface area contributed by atoms with E-state index in [2.05, 4.69) is 43.2 Å². The number of rotatable bonds is 3. The van der Waals surface area contributed by atoms with Crippen LogP contribution in [0.2, 0.25) is 0 Å². The SMILES string of the molecule is CC(NC(=O)C1C(C)(C)C1(C)C)c1cn[nH]c1. The number of aromatic nitrogens is 2. The molecule has 2 N–H and O–H groups in total. The van der Waals surface area contributed by atoms with Crippen molar-refractivity contribution in [2.45, 2.75) is 40.7 Å². The molecular weight excluding hydrogens is 214 g/mol. The first-order chi connectivity index (χ1) is 7.78. The minimum atomic E-state index is 0.00782. The van der Waals surface area contributed by atoms with Crippen LogP contribution in [-0.2, 0) is 4.79 Å². The summed E-state index contributed by atoms with van der Waals surface area (Å²) in [5.74, 6) is 0.248. The first-order valence-corrected chi connectivity index (χ1v) is 6.07. The van der Waals surface area contributed by atoms with E-state index in [1.54, 1.807) is 6.20 Å². The molecule has 0 spiro atoms. The van der Waals surface area contributed by atoms with E-state index in [0.717, 1.165) is 5.56 Å². The van der Waals surface area contributed by atoms with E-state index in [1.165, 1.54) is 0 Å². The highest BCUT2D eigenvalue weighted by Crippen LogP contribution is 2.68. The van der Waals surface area contributed by atoms with Crippen LogP contribution in [0.3, 0.4) is 0 Å². The average Bonchev–Trinajstić information content (AvgIpc) is 2.60. The molecule has 1 aromatic heterocycles. The van der Waals surface area contributed by atoms with Gasteiger partial charge in [-0.25, -0.2) is 0 Å². The Morgan fingerprint density at radius 2 is 2.00 bits per heavy atom. The smallest absolute Gasteiger partial charge is 0.224 e.